The molecule has 0 fully saturated rings. The Bertz CT molecular complexity index is 2110. The Morgan fingerprint density at radius 3 is 1.98 bits per heavy atom. The third-order valence-corrected chi connectivity index (χ3v) is 6.24. The van der Waals surface area contributed by atoms with E-state index in [9.17, 15) is 32.3 Å². The van der Waals surface area contributed by atoms with Crippen LogP contribution in [-0.4, -0.2) is 31.8 Å². The first-order valence-electron chi connectivity index (χ1n) is 13.0. The third-order valence-electron chi connectivity index (χ3n) is 5.94. The Morgan fingerprint density at radius 2 is 1.34 bits per heavy atom. The van der Waals surface area contributed by atoms with E-state index in [-0.39, 0.29) is 28.3 Å². The van der Waals surface area contributed by atoms with Gasteiger partial charge in [0.25, 0.3) is 0 Å². The first-order chi connectivity index (χ1) is 22.4. The summed E-state index contributed by atoms with van der Waals surface area (Å²) in [5.74, 6) is -1.71. The van der Waals surface area contributed by atoms with Crippen molar-refractivity contribution < 1.29 is 45.7 Å². The molecule has 6 rings (SSSR count). The fourth-order valence-corrected chi connectivity index (χ4v) is 3.92. The van der Waals surface area contributed by atoms with Gasteiger partial charge in [0.2, 0.25) is 0 Å². The van der Waals surface area contributed by atoms with Crippen molar-refractivity contribution in [2.24, 2.45) is 0 Å². The smallest absolute Gasteiger partial charge is 0.444 e. The first-order valence-corrected chi connectivity index (χ1v) is 13.4. The van der Waals surface area contributed by atoms with Gasteiger partial charge in [0, 0.05) is 0 Å². The van der Waals surface area contributed by atoms with E-state index >= 15 is 0 Å². The summed E-state index contributed by atoms with van der Waals surface area (Å²) in [6.07, 6.45) is -5.35. The van der Waals surface area contributed by atoms with Crippen LogP contribution in [-0.2, 0) is 6.18 Å². The molecule has 0 unspecified atom stereocenters. The highest BCUT2D eigenvalue weighted by molar-refractivity contribution is 6.30. The first kappa shape index (κ1) is 32.4. The lowest BCUT2D eigenvalue weighted by Crippen LogP contribution is -2.14. The van der Waals surface area contributed by atoms with Gasteiger partial charge in [0.15, 0.2) is 5.82 Å². The van der Waals surface area contributed by atoms with Gasteiger partial charge in [0.1, 0.15) is 28.7 Å². The van der Waals surface area contributed by atoms with Crippen molar-refractivity contribution in [1.82, 2.24) is 19.6 Å². The summed E-state index contributed by atoms with van der Waals surface area (Å²) in [6.45, 7) is 0. The third kappa shape index (κ3) is 7.80. The van der Waals surface area contributed by atoms with Crippen LogP contribution < -0.4 is 25.7 Å². The summed E-state index contributed by atoms with van der Waals surface area (Å²) >= 11 is 5.69. The predicted octanol–water partition coefficient (Wildman–Crippen LogP) is 6.76. The van der Waals surface area contributed by atoms with Crippen LogP contribution in [0.3, 0.4) is 0 Å². The lowest BCUT2D eigenvalue weighted by molar-refractivity contribution is -0.137. The molecule has 0 aliphatic carbocycles. The van der Waals surface area contributed by atoms with Gasteiger partial charge in [-0.3, -0.25) is 0 Å². The molecular formula is C30H19ClF4N4O8. The summed E-state index contributed by atoms with van der Waals surface area (Å²) in [6, 6.07) is 20.3. The Hall–Kier alpha value is -6.03. The molecule has 0 radical (unpaired) electrons. The van der Waals surface area contributed by atoms with E-state index in [2.05, 4.69) is 10.2 Å². The molecule has 2 heterocycles. The average molecular weight is 675 g/mol. The van der Waals surface area contributed by atoms with Crippen LogP contribution in [0.15, 0.2) is 109 Å². The minimum absolute atomic E-state index is 0.00395. The lowest BCUT2D eigenvalue weighted by Gasteiger charge is -2.07. The summed E-state index contributed by atoms with van der Waals surface area (Å²) < 4.78 is 78.6. The van der Waals surface area contributed by atoms with Crippen molar-refractivity contribution in [2.45, 2.75) is 6.18 Å². The zero-order valence-corrected chi connectivity index (χ0v) is 24.4. The number of aromatic hydroxyl groups is 1. The molecule has 0 atom stereocenters. The predicted molar refractivity (Wildman–Crippen MR) is 155 cm³/mol. The molecule has 0 saturated carbocycles. The molecule has 0 aliphatic rings. The fourth-order valence-electron chi connectivity index (χ4n) is 3.75. The van der Waals surface area contributed by atoms with Gasteiger partial charge >= 0.3 is 29.8 Å². The van der Waals surface area contributed by atoms with Crippen LogP contribution >= 0.6 is 11.6 Å². The van der Waals surface area contributed by atoms with Gasteiger partial charge in [-0.2, -0.15) is 22.5 Å². The van der Waals surface area contributed by atoms with Gasteiger partial charge in [-0.05, 0) is 78.9 Å². The molecule has 0 amide bonds. The zero-order chi connectivity index (χ0) is 33.7. The second kappa shape index (κ2) is 13.5. The van der Waals surface area contributed by atoms with E-state index < -0.39 is 35.1 Å². The second-order valence-electron chi connectivity index (χ2n) is 9.09. The molecule has 242 valence electrons. The van der Waals surface area contributed by atoms with Crippen LogP contribution in [0, 0.1) is 5.82 Å². The largest absolute Gasteiger partial charge is 0.508 e. The molecule has 2 aromatic heterocycles. The maximum Gasteiger partial charge on any atom is 0.444 e. The van der Waals surface area contributed by atoms with E-state index in [0.29, 0.717) is 17.2 Å². The second-order valence-corrected chi connectivity index (χ2v) is 9.49. The van der Waals surface area contributed by atoms with Crippen molar-refractivity contribution in [1.29, 1.82) is 0 Å². The molecule has 0 bridgehead atoms. The molecule has 6 aromatic rings. The van der Waals surface area contributed by atoms with Crippen LogP contribution in [0.4, 0.5) is 17.6 Å². The zero-order valence-electron chi connectivity index (χ0n) is 23.6. The SMILES string of the molecule is COc1ccc(Oc2nn(-c3cccc(Cl)c3F)c(=O)o2)cc1.O=c1oc(Oc2cccc(C(F)(F)F)c2)nn1-c1ccc(O)cc1. The molecule has 17 heteroatoms. The van der Waals surface area contributed by atoms with Gasteiger partial charge in [0.05, 0.1) is 23.4 Å². The summed E-state index contributed by atoms with van der Waals surface area (Å²) in [7, 11) is 1.54. The van der Waals surface area contributed by atoms with Crippen LogP contribution in [0.25, 0.3) is 11.4 Å². The Kier molecular flexibility index (Phi) is 9.32. The molecular weight excluding hydrogens is 656 g/mol. The molecule has 4 aromatic carbocycles. The molecule has 12 nitrogen and oxygen atoms in total. The van der Waals surface area contributed by atoms with Crippen molar-refractivity contribution in [3.05, 3.63) is 129 Å². The molecule has 0 aliphatic heterocycles. The van der Waals surface area contributed by atoms with E-state index in [1.807, 2.05) is 0 Å². The number of phenols is 1. The lowest BCUT2D eigenvalue weighted by atomic mass is 10.2. The number of ether oxygens (including phenoxy) is 3. The van der Waals surface area contributed by atoms with Crippen LogP contribution in [0.2, 0.25) is 5.02 Å². The Balaban J connectivity index is 0.000000185. The summed E-state index contributed by atoms with van der Waals surface area (Å²) in [4.78, 5) is 23.6. The topological polar surface area (TPSA) is 144 Å². The number of alkyl halides is 3. The maximum absolute atomic E-state index is 14.0. The number of phenolic OH excluding ortho intramolecular Hbond substituents is 1. The van der Waals surface area contributed by atoms with E-state index in [1.165, 1.54) is 55.6 Å². The van der Waals surface area contributed by atoms with Crippen molar-refractivity contribution in [3.63, 3.8) is 0 Å². The quantitative estimate of drug-likeness (QED) is 0.180. The molecule has 0 saturated heterocycles. The van der Waals surface area contributed by atoms with Gasteiger partial charge in [-0.15, -0.1) is 0 Å². The normalized spacial score (nSPS) is 11.0. The summed E-state index contributed by atoms with van der Waals surface area (Å²) in [5.41, 5.74) is -0.739. The number of hydrogen-bond acceptors (Lipinski definition) is 10. The number of benzene rings is 4. The van der Waals surface area contributed by atoms with E-state index in [4.69, 9.17) is 34.6 Å². The average Bonchev–Trinajstić information content (AvgIpc) is 3.60. The standard InChI is InChI=1S/C15H10ClFN2O4.C15H9F3N2O4/c1-21-9-5-7-10(8-6-9)22-14-18-19(15(20)23-14)12-4-2-3-11(16)13(12)17;16-15(17,18)9-2-1-3-12(8-9)23-13-19-20(14(22)24-13)10-4-6-11(21)7-5-10/h2-8H,1H3;1-8,21H. The van der Waals surface area contributed by atoms with Crippen molar-refractivity contribution in [2.75, 3.05) is 7.11 Å². The van der Waals surface area contributed by atoms with E-state index in [0.717, 1.165) is 27.6 Å². The van der Waals surface area contributed by atoms with Crippen LogP contribution in [0.5, 0.6) is 35.2 Å². The monoisotopic (exact) mass is 674 g/mol. The molecule has 0 spiro atoms. The Morgan fingerprint density at radius 1 is 0.766 bits per heavy atom. The molecule has 47 heavy (non-hydrogen) atoms. The van der Waals surface area contributed by atoms with E-state index in [1.54, 1.807) is 24.3 Å². The minimum Gasteiger partial charge on any atom is -0.508 e. The van der Waals surface area contributed by atoms with Gasteiger partial charge in [-0.1, -0.05) is 33.9 Å². The van der Waals surface area contributed by atoms with Gasteiger partial charge in [-0.25, -0.2) is 14.0 Å². The molecule has 1 N–H and O–H groups in total. The fraction of sp³-hybridized carbons (Fsp3) is 0.0667. The number of methoxy groups -OCH3 is 1. The number of halogens is 5. The Labute approximate surface area is 265 Å². The maximum atomic E-state index is 14.0. The number of hydrogen-bond donors (Lipinski definition) is 1. The highest BCUT2D eigenvalue weighted by Gasteiger charge is 2.31. The highest BCUT2D eigenvalue weighted by Crippen LogP contribution is 2.32. The number of rotatable bonds is 7. The number of nitrogens with zero attached hydrogens (tertiary/aromatic N) is 4. The van der Waals surface area contributed by atoms with Crippen molar-refractivity contribution >= 4 is 11.6 Å². The minimum atomic E-state index is -4.52. The highest BCUT2D eigenvalue weighted by atomic mass is 35.5. The van der Waals surface area contributed by atoms with Gasteiger partial charge < -0.3 is 28.2 Å². The van der Waals surface area contributed by atoms with Crippen molar-refractivity contribution in [3.8, 4) is 46.5 Å². The summed E-state index contributed by atoms with van der Waals surface area (Å²) in [5, 5.41) is 16.6. The number of aromatic nitrogens is 4. The van der Waals surface area contributed by atoms with Crippen LogP contribution in [0.1, 0.15) is 5.56 Å².